The number of nitrogen functional groups attached to an aromatic ring is 1. The highest BCUT2D eigenvalue weighted by Gasteiger charge is 2.16. The molecule has 0 aliphatic heterocycles. The SMILES string of the molecule is Nc1cncc(-c2cnc3[nH]nc(-c4cc5c(-c6ccc(F)s6)nccc5[nH]4)c3c2)c1. The summed E-state index contributed by atoms with van der Waals surface area (Å²) in [5.74, 6) is 0. The zero-order valence-electron chi connectivity index (χ0n) is 15.9. The Labute approximate surface area is 178 Å². The molecule has 6 aromatic heterocycles. The number of hydrogen-bond donors (Lipinski definition) is 3. The van der Waals surface area contributed by atoms with E-state index in [1.807, 2.05) is 24.3 Å². The second-order valence-corrected chi connectivity index (χ2v) is 8.14. The van der Waals surface area contributed by atoms with E-state index < -0.39 is 0 Å². The number of nitrogens with zero attached hydrogens (tertiary/aromatic N) is 4. The Kier molecular flexibility index (Phi) is 3.84. The maximum absolute atomic E-state index is 13.6. The van der Waals surface area contributed by atoms with Crippen molar-refractivity contribution in [1.29, 1.82) is 0 Å². The molecule has 0 aliphatic carbocycles. The standard InChI is InChI=1S/C22H14FN7S/c23-19-2-1-18(31-19)21-14-7-17(28-16(14)3-4-26-21)20-15-6-12(9-27-22(15)30-29-20)11-5-13(24)10-25-8-11/h1-10,28H,24H2,(H,27,29,30). The summed E-state index contributed by atoms with van der Waals surface area (Å²) in [4.78, 5) is 17.3. The molecule has 0 saturated carbocycles. The van der Waals surface area contributed by atoms with Crippen LogP contribution in [-0.4, -0.2) is 30.1 Å². The third kappa shape index (κ3) is 2.94. The van der Waals surface area contributed by atoms with Crippen LogP contribution in [0.25, 0.3) is 55.0 Å². The van der Waals surface area contributed by atoms with Gasteiger partial charge in [-0.25, -0.2) is 4.98 Å². The lowest BCUT2D eigenvalue weighted by atomic mass is 10.1. The monoisotopic (exact) mass is 427 g/mol. The van der Waals surface area contributed by atoms with Crippen LogP contribution in [0.4, 0.5) is 10.1 Å². The number of thiophene rings is 1. The van der Waals surface area contributed by atoms with Crippen molar-refractivity contribution in [3.63, 3.8) is 0 Å². The molecule has 0 fully saturated rings. The molecule has 6 aromatic rings. The lowest BCUT2D eigenvalue weighted by Gasteiger charge is -2.02. The summed E-state index contributed by atoms with van der Waals surface area (Å²) in [6.07, 6.45) is 6.83. The van der Waals surface area contributed by atoms with Gasteiger partial charge in [-0.2, -0.15) is 9.49 Å². The second kappa shape index (κ2) is 6.71. The number of hydrogen-bond acceptors (Lipinski definition) is 6. The molecule has 6 heterocycles. The van der Waals surface area contributed by atoms with Gasteiger partial charge >= 0.3 is 0 Å². The maximum Gasteiger partial charge on any atom is 0.177 e. The number of aromatic amines is 2. The molecule has 0 unspecified atom stereocenters. The van der Waals surface area contributed by atoms with Gasteiger partial charge in [0.05, 0.1) is 22.0 Å². The zero-order valence-corrected chi connectivity index (χ0v) is 16.7. The predicted molar refractivity (Wildman–Crippen MR) is 120 cm³/mol. The van der Waals surface area contributed by atoms with E-state index in [0.717, 1.165) is 60.7 Å². The molecule has 0 radical (unpaired) electrons. The summed E-state index contributed by atoms with van der Waals surface area (Å²) >= 11 is 1.07. The van der Waals surface area contributed by atoms with Gasteiger partial charge in [0.15, 0.2) is 10.8 Å². The van der Waals surface area contributed by atoms with E-state index in [1.54, 1.807) is 30.9 Å². The number of rotatable bonds is 3. The molecule has 0 bridgehead atoms. The number of nitrogens with two attached hydrogens (primary N) is 1. The van der Waals surface area contributed by atoms with Crippen molar-refractivity contribution < 1.29 is 4.39 Å². The van der Waals surface area contributed by atoms with Crippen LogP contribution in [0, 0.1) is 5.13 Å². The summed E-state index contributed by atoms with van der Waals surface area (Å²) in [5.41, 5.74) is 12.1. The Morgan fingerprint density at radius 1 is 0.903 bits per heavy atom. The van der Waals surface area contributed by atoms with Crippen LogP contribution in [0.15, 0.2) is 61.2 Å². The molecule has 0 aliphatic rings. The maximum atomic E-state index is 13.6. The van der Waals surface area contributed by atoms with Crippen molar-refractivity contribution in [2.24, 2.45) is 0 Å². The van der Waals surface area contributed by atoms with Gasteiger partial charge in [-0.15, -0.1) is 11.3 Å². The smallest absolute Gasteiger partial charge is 0.177 e. The number of H-pyrrole nitrogens is 2. The van der Waals surface area contributed by atoms with Crippen LogP contribution in [0.5, 0.6) is 0 Å². The summed E-state index contributed by atoms with van der Waals surface area (Å²) in [6.45, 7) is 0. The molecule has 150 valence electrons. The molecule has 6 rings (SSSR count). The van der Waals surface area contributed by atoms with E-state index in [2.05, 4.69) is 30.1 Å². The molecular weight excluding hydrogens is 413 g/mol. The average Bonchev–Trinajstić information content (AvgIpc) is 3.50. The number of halogens is 1. The minimum Gasteiger partial charge on any atom is -0.397 e. The molecular formula is C22H14FN7S. The fourth-order valence-electron chi connectivity index (χ4n) is 3.70. The largest absolute Gasteiger partial charge is 0.397 e. The van der Waals surface area contributed by atoms with Gasteiger partial charge in [-0.1, -0.05) is 0 Å². The third-order valence-corrected chi connectivity index (χ3v) is 6.00. The highest BCUT2D eigenvalue weighted by Crippen LogP contribution is 2.35. The Bertz CT molecular complexity index is 1580. The lowest BCUT2D eigenvalue weighted by Crippen LogP contribution is -1.88. The van der Waals surface area contributed by atoms with Crippen LogP contribution in [-0.2, 0) is 0 Å². The number of aromatic nitrogens is 6. The summed E-state index contributed by atoms with van der Waals surface area (Å²) in [7, 11) is 0. The number of anilines is 1. The zero-order chi connectivity index (χ0) is 20.9. The van der Waals surface area contributed by atoms with Gasteiger partial charge in [0, 0.05) is 52.2 Å². The quantitative estimate of drug-likeness (QED) is 0.368. The van der Waals surface area contributed by atoms with E-state index in [0.29, 0.717) is 11.3 Å². The van der Waals surface area contributed by atoms with Gasteiger partial charge in [-0.05, 0) is 36.4 Å². The molecule has 7 nitrogen and oxygen atoms in total. The van der Waals surface area contributed by atoms with E-state index in [1.165, 1.54) is 6.07 Å². The first-order chi connectivity index (χ1) is 15.2. The molecule has 31 heavy (non-hydrogen) atoms. The highest BCUT2D eigenvalue weighted by molar-refractivity contribution is 7.13. The van der Waals surface area contributed by atoms with E-state index >= 15 is 0 Å². The Morgan fingerprint density at radius 2 is 1.81 bits per heavy atom. The van der Waals surface area contributed by atoms with Crippen LogP contribution < -0.4 is 5.73 Å². The first-order valence-electron chi connectivity index (χ1n) is 9.44. The Hall–Kier alpha value is -4.11. The fourth-order valence-corrected chi connectivity index (χ4v) is 4.44. The average molecular weight is 427 g/mol. The minimum absolute atomic E-state index is 0.238. The predicted octanol–water partition coefficient (Wildman–Crippen LogP) is 5.01. The van der Waals surface area contributed by atoms with Gasteiger partial charge in [0.2, 0.25) is 0 Å². The molecule has 0 atom stereocenters. The van der Waals surface area contributed by atoms with E-state index in [9.17, 15) is 4.39 Å². The van der Waals surface area contributed by atoms with Crippen molar-refractivity contribution in [3.8, 4) is 33.1 Å². The van der Waals surface area contributed by atoms with Gasteiger partial charge in [0.25, 0.3) is 0 Å². The molecule has 0 amide bonds. The number of nitrogens with one attached hydrogen (secondary N) is 2. The van der Waals surface area contributed by atoms with Crippen molar-refractivity contribution in [1.82, 2.24) is 30.1 Å². The fraction of sp³-hybridized carbons (Fsp3) is 0. The molecule has 9 heteroatoms. The first kappa shape index (κ1) is 17.7. The summed E-state index contributed by atoms with van der Waals surface area (Å²) < 4.78 is 13.6. The van der Waals surface area contributed by atoms with Gasteiger partial charge < -0.3 is 10.7 Å². The molecule has 0 spiro atoms. The first-order valence-corrected chi connectivity index (χ1v) is 10.3. The third-order valence-electron chi connectivity index (χ3n) is 5.12. The van der Waals surface area contributed by atoms with Crippen molar-refractivity contribution in [3.05, 3.63) is 66.3 Å². The van der Waals surface area contributed by atoms with E-state index in [4.69, 9.17) is 5.73 Å². The van der Waals surface area contributed by atoms with E-state index in [-0.39, 0.29) is 5.13 Å². The van der Waals surface area contributed by atoms with Crippen molar-refractivity contribution in [2.45, 2.75) is 0 Å². The molecule has 4 N–H and O–H groups in total. The summed E-state index contributed by atoms with van der Waals surface area (Å²) in [6, 6.07) is 10.9. The minimum atomic E-state index is -0.238. The van der Waals surface area contributed by atoms with Crippen LogP contribution in [0.1, 0.15) is 0 Å². The number of pyridine rings is 3. The van der Waals surface area contributed by atoms with Gasteiger partial charge in [-0.3, -0.25) is 15.1 Å². The Balaban J connectivity index is 1.51. The van der Waals surface area contributed by atoms with Crippen LogP contribution in [0.3, 0.4) is 0 Å². The normalized spacial score (nSPS) is 11.5. The molecule has 0 aromatic carbocycles. The summed E-state index contributed by atoms with van der Waals surface area (Å²) in [5, 5.41) is 9.00. The Morgan fingerprint density at radius 3 is 2.65 bits per heavy atom. The number of fused-ring (bicyclic) bond motifs is 2. The van der Waals surface area contributed by atoms with Crippen LogP contribution >= 0.6 is 11.3 Å². The van der Waals surface area contributed by atoms with Crippen molar-refractivity contribution in [2.75, 3.05) is 5.73 Å². The topological polar surface area (TPSA) is 109 Å². The van der Waals surface area contributed by atoms with Crippen molar-refractivity contribution >= 4 is 39.0 Å². The highest BCUT2D eigenvalue weighted by atomic mass is 32.1. The lowest BCUT2D eigenvalue weighted by molar-refractivity contribution is 0.657. The molecule has 0 saturated heterocycles. The second-order valence-electron chi connectivity index (χ2n) is 7.11. The van der Waals surface area contributed by atoms with Crippen LogP contribution in [0.2, 0.25) is 0 Å². The van der Waals surface area contributed by atoms with Gasteiger partial charge in [0.1, 0.15) is 5.69 Å².